The number of nitriles is 2. The van der Waals surface area contributed by atoms with Crippen LogP contribution in [0.1, 0.15) is 47.2 Å². The van der Waals surface area contributed by atoms with E-state index in [1.165, 1.54) is 88.3 Å². The van der Waals surface area contributed by atoms with Gasteiger partial charge in [0, 0.05) is 5.41 Å². The van der Waals surface area contributed by atoms with E-state index in [9.17, 15) is 10.5 Å². The number of fused-ring (bicyclic) bond motifs is 5. The summed E-state index contributed by atoms with van der Waals surface area (Å²) in [6.45, 7) is 8.80. The zero-order valence-corrected chi connectivity index (χ0v) is 30.3. The van der Waals surface area contributed by atoms with Crippen molar-refractivity contribution < 1.29 is 0 Å². The van der Waals surface area contributed by atoms with Crippen molar-refractivity contribution in [2.75, 3.05) is 0 Å². The smallest absolute Gasteiger partial charge is 0.0991 e. The lowest BCUT2D eigenvalue weighted by atomic mass is 9.80. The van der Waals surface area contributed by atoms with Crippen LogP contribution in [0.5, 0.6) is 0 Å². The van der Waals surface area contributed by atoms with E-state index in [1.54, 1.807) is 0 Å². The second-order valence-electron chi connectivity index (χ2n) is 14.9. The average Bonchev–Trinajstić information content (AvgIpc) is 3.41. The lowest BCUT2D eigenvalue weighted by Gasteiger charge is -2.23. The van der Waals surface area contributed by atoms with Crippen molar-refractivity contribution >= 4 is 21.5 Å². The van der Waals surface area contributed by atoms with E-state index < -0.39 is 0 Å². The van der Waals surface area contributed by atoms with Crippen LogP contribution < -0.4 is 0 Å². The van der Waals surface area contributed by atoms with E-state index in [-0.39, 0.29) is 5.41 Å². The van der Waals surface area contributed by atoms with Crippen molar-refractivity contribution in [2.45, 2.75) is 33.1 Å². The first-order valence-corrected chi connectivity index (χ1v) is 18.1. The zero-order chi connectivity index (χ0) is 36.4. The van der Waals surface area contributed by atoms with Crippen LogP contribution in [0, 0.1) is 36.5 Å². The summed E-state index contributed by atoms with van der Waals surface area (Å²) in [5.74, 6) is 0. The third kappa shape index (κ3) is 5.07. The molecule has 0 saturated heterocycles. The van der Waals surface area contributed by atoms with Crippen LogP contribution in [0.4, 0.5) is 0 Å². The molecule has 0 amide bonds. The molecule has 0 fully saturated rings. The molecular weight excluding hydrogens is 641 g/mol. The summed E-state index contributed by atoms with van der Waals surface area (Å²) in [5.41, 5.74) is 17.9. The molecule has 0 saturated carbocycles. The van der Waals surface area contributed by atoms with E-state index in [2.05, 4.69) is 167 Å². The minimum atomic E-state index is -0.239. The Morgan fingerprint density at radius 1 is 0.396 bits per heavy atom. The fraction of sp³-hybridized carbons (Fsp3) is 0.0980. The van der Waals surface area contributed by atoms with Crippen molar-refractivity contribution in [3.05, 3.63) is 179 Å². The third-order valence-corrected chi connectivity index (χ3v) is 11.4. The summed E-state index contributed by atoms with van der Waals surface area (Å²) in [6.07, 6.45) is 0. The van der Waals surface area contributed by atoms with Crippen LogP contribution in [0.2, 0.25) is 0 Å². The van der Waals surface area contributed by atoms with Gasteiger partial charge in [0.1, 0.15) is 0 Å². The molecule has 8 aromatic carbocycles. The molecule has 0 spiro atoms. The van der Waals surface area contributed by atoms with Gasteiger partial charge in [0.05, 0.1) is 23.3 Å². The second-order valence-corrected chi connectivity index (χ2v) is 14.9. The molecule has 0 unspecified atom stereocenters. The second kappa shape index (κ2) is 12.2. The van der Waals surface area contributed by atoms with Gasteiger partial charge in [-0.1, -0.05) is 123 Å². The van der Waals surface area contributed by atoms with Crippen molar-refractivity contribution in [1.82, 2.24) is 0 Å². The van der Waals surface area contributed by atoms with Gasteiger partial charge in [-0.15, -0.1) is 0 Å². The van der Waals surface area contributed by atoms with Crippen LogP contribution >= 0.6 is 0 Å². The van der Waals surface area contributed by atoms with E-state index in [0.717, 1.165) is 11.1 Å². The minimum absolute atomic E-state index is 0.239. The molecule has 53 heavy (non-hydrogen) atoms. The van der Waals surface area contributed by atoms with Crippen molar-refractivity contribution in [3.8, 4) is 67.8 Å². The number of hydrogen-bond donors (Lipinski definition) is 0. The van der Waals surface area contributed by atoms with Crippen molar-refractivity contribution in [3.63, 3.8) is 0 Å². The summed E-state index contributed by atoms with van der Waals surface area (Å²) in [6, 6.07) is 56.9. The Kier molecular flexibility index (Phi) is 7.41. The summed E-state index contributed by atoms with van der Waals surface area (Å²) in [7, 11) is 0. The van der Waals surface area contributed by atoms with Gasteiger partial charge in [-0.3, -0.25) is 0 Å². The zero-order valence-electron chi connectivity index (χ0n) is 30.3. The predicted octanol–water partition coefficient (Wildman–Crippen LogP) is 13.3. The molecule has 0 heterocycles. The van der Waals surface area contributed by atoms with Crippen LogP contribution in [0.15, 0.2) is 146 Å². The molecule has 0 atom stereocenters. The molecule has 1 aliphatic rings. The Balaban J connectivity index is 1.27. The lowest BCUT2D eigenvalue weighted by molar-refractivity contribution is 0.660. The molecule has 0 bridgehead atoms. The Labute approximate surface area is 310 Å². The molecule has 9 rings (SSSR count). The highest BCUT2D eigenvalue weighted by Gasteiger charge is 2.36. The van der Waals surface area contributed by atoms with Gasteiger partial charge in [0.2, 0.25) is 0 Å². The van der Waals surface area contributed by atoms with E-state index in [0.29, 0.717) is 11.1 Å². The lowest BCUT2D eigenvalue weighted by Crippen LogP contribution is -2.15. The minimum Gasteiger partial charge on any atom is -0.192 e. The normalized spacial score (nSPS) is 12.6. The van der Waals surface area contributed by atoms with E-state index in [1.807, 2.05) is 18.2 Å². The molecule has 1 aliphatic carbocycles. The van der Waals surface area contributed by atoms with Gasteiger partial charge >= 0.3 is 0 Å². The fourth-order valence-electron chi connectivity index (χ4n) is 8.73. The van der Waals surface area contributed by atoms with Gasteiger partial charge < -0.3 is 0 Å². The quantitative estimate of drug-likeness (QED) is 0.174. The fourth-order valence-corrected chi connectivity index (χ4v) is 8.73. The first kappa shape index (κ1) is 32.2. The van der Waals surface area contributed by atoms with Crippen LogP contribution in [-0.2, 0) is 5.41 Å². The summed E-state index contributed by atoms with van der Waals surface area (Å²) < 4.78 is 0. The molecule has 0 aromatic heterocycles. The van der Waals surface area contributed by atoms with Gasteiger partial charge in [0.25, 0.3) is 0 Å². The Morgan fingerprint density at radius 2 is 0.887 bits per heavy atom. The first-order valence-electron chi connectivity index (χ1n) is 18.1. The number of hydrogen-bond acceptors (Lipinski definition) is 2. The monoisotopic (exact) mass is 676 g/mol. The highest BCUT2D eigenvalue weighted by atomic mass is 14.4. The van der Waals surface area contributed by atoms with Crippen molar-refractivity contribution in [2.24, 2.45) is 0 Å². The molecular formula is C51H36N2. The summed E-state index contributed by atoms with van der Waals surface area (Å²) in [5, 5.41) is 24.0. The highest BCUT2D eigenvalue weighted by Crippen LogP contribution is 2.52. The Bertz CT molecular complexity index is 2900. The average molecular weight is 677 g/mol. The number of benzene rings is 8. The largest absolute Gasteiger partial charge is 0.192 e. The molecule has 0 radical (unpaired) electrons. The SMILES string of the molecule is Cc1cc(C#N)ccc1-c1ccc(-c2ccc3c(-c4ccc5c(c4)C(C)(C)c4cc(C#N)ccc4-5)c4ccccc4c(-c4ccccc4)c3c2)cc1C. The molecule has 0 N–H and O–H groups in total. The third-order valence-electron chi connectivity index (χ3n) is 11.4. The van der Waals surface area contributed by atoms with Gasteiger partial charge in [-0.05, 0) is 150 Å². The van der Waals surface area contributed by atoms with Crippen LogP contribution in [0.25, 0.3) is 77.2 Å². The number of rotatable bonds is 4. The molecule has 0 aliphatic heterocycles. The van der Waals surface area contributed by atoms with Crippen molar-refractivity contribution in [1.29, 1.82) is 10.5 Å². The number of nitrogens with zero attached hydrogens (tertiary/aromatic N) is 2. The Hall–Kier alpha value is -6.74. The maximum absolute atomic E-state index is 9.69. The standard InChI is InChI=1S/C51H36N2/c1-31-24-33(29-52)14-19-39(31)40-21-16-36(25-32(40)2)37-17-23-45-46(27-37)49(35-10-6-5-7-11-35)43-12-8-9-13-44(43)50(45)38-18-22-42-41-20-15-34(30-53)26-47(41)51(3,4)48(42)28-38/h5-28H,1-4H3. The topological polar surface area (TPSA) is 47.6 Å². The van der Waals surface area contributed by atoms with Crippen LogP contribution in [0.3, 0.4) is 0 Å². The highest BCUT2D eigenvalue weighted by molar-refractivity contribution is 6.22. The maximum Gasteiger partial charge on any atom is 0.0991 e. The van der Waals surface area contributed by atoms with Crippen LogP contribution in [-0.4, -0.2) is 0 Å². The van der Waals surface area contributed by atoms with Gasteiger partial charge in [-0.25, -0.2) is 0 Å². The maximum atomic E-state index is 9.69. The predicted molar refractivity (Wildman–Crippen MR) is 220 cm³/mol. The van der Waals surface area contributed by atoms with E-state index in [4.69, 9.17) is 0 Å². The molecule has 250 valence electrons. The van der Waals surface area contributed by atoms with Gasteiger partial charge in [-0.2, -0.15) is 10.5 Å². The summed E-state index contributed by atoms with van der Waals surface area (Å²) in [4.78, 5) is 0. The molecule has 2 nitrogen and oxygen atoms in total. The summed E-state index contributed by atoms with van der Waals surface area (Å²) >= 11 is 0. The van der Waals surface area contributed by atoms with E-state index >= 15 is 0 Å². The Morgan fingerprint density at radius 3 is 1.55 bits per heavy atom. The molecule has 2 heteroatoms. The first-order chi connectivity index (χ1) is 25.8. The molecule has 8 aromatic rings. The van der Waals surface area contributed by atoms with Gasteiger partial charge in [0.15, 0.2) is 0 Å². The number of aryl methyl sites for hydroxylation is 2.